The molecule has 2 atom stereocenters. The largest absolute Gasteiger partial charge is 0.464 e. The van der Waals surface area contributed by atoms with E-state index in [9.17, 15) is 9.59 Å². The molecule has 116 valence electrons. The van der Waals surface area contributed by atoms with Gasteiger partial charge in [-0.25, -0.2) is 4.79 Å². The maximum atomic E-state index is 12.3. The molecule has 1 amide bonds. The fraction of sp³-hybridized carbons (Fsp3) is 0.857. The molecule has 0 aliphatic carbocycles. The standard InChI is InChI=1S/C14H26N2O3S/c1-3-19-14(18)12-10-20-9-8-16(12)13(17)5-4-11(2)6-7-15/h11-12H,3-10,15H2,1-2H3. The zero-order valence-corrected chi connectivity index (χ0v) is 13.3. The van der Waals surface area contributed by atoms with Gasteiger partial charge in [0.15, 0.2) is 0 Å². The Morgan fingerprint density at radius 2 is 2.20 bits per heavy atom. The van der Waals surface area contributed by atoms with Crippen LogP contribution in [0.15, 0.2) is 0 Å². The first kappa shape index (κ1) is 17.3. The minimum absolute atomic E-state index is 0.0622. The number of carbonyl (C=O) groups is 2. The lowest BCUT2D eigenvalue weighted by atomic mass is 10.0. The summed E-state index contributed by atoms with van der Waals surface area (Å²) in [6.07, 6.45) is 2.25. The molecule has 6 heteroatoms. The van der Waals surface area contributed by atoms with E-state index in [2.05, 4.69) is 6.92 Å². The quantitative estimate of drug-likeness (QED) is 0.717. The first-order valence-electron chi connectivity index (χ1n) is 7.34. The van der Waals surface area contributed by atoms with Gasteiger partial charge in [-0.05, 0) is 32.2 Å². The van der Waals surface area contributed by atoms with E-state index >= 15 is 0 Å². The number of carbonyl (C=O) groups excluding carboxylic acids is 2. The highest BCUT2D eigenvalue weighted by molar-refractivity contribution is 7.99. The molecule has 0 saturated carbocycles. The van der Waals surface area contributed by atoms with Crippen molar-refractivity contribution in [1.29, 1.82) is 0 Å². The van der Waals surface area contributed by atoms with E-state index in [4.69, 9.17) is 10.5 Å². The Bertz CT molecular complexity index is 326. The van der Waals surface area contributed by atoms with E-state index in [1.807, 2.05) is 0 Å². The molecule has 20 heavy (non-hydrogen) atoms. The Balaban J connectivity index is 2.51. The second-order valence-electron chi connectivity index (χ2n) is 5.15. The lowest BCUT2D eigenvalue weighted by Crippen LogP contribution is -2.51. The molecule has 1 saturated heterocycles. The fourth-order valence-electron chi connectivity index (χ4n) is 2.28. The van der Waals surface area contributed by atoms with E-state index in [1.54, 1.807) is 23.6 Å². The van der Waals surface area contributed by atoms with Gasteiger partial charge in [-0.15, -0.1) is 0 Å². The average molecular weight is 302 g/mol. The number of hydrogen-bond acceptors (Lipinski definition) is 5. The van der Waals surface area contributed by atoms with Gasteiger partial charge in [0.2, 0.25) is 5.91 Å². The number of esters is 1. The van der Waals surface area contributed by atoms with Gasteiger partial charge in [0.25, 0.3) is 0 Å². The summed E-state index contributed by atoms with van der Waals surface area (Å²) in [6.45, 7) is 5.54. The van der Waals surface area contributed by atoms with Crippen molar-refractivity contribution >= 4 is 23.6 Å². The van der Waals surface area contributed by atoms with Gasteiger partial charge in [-0.3, -0.25) is 4.79 Å². The van der Waals surface area contributed by atoms with Crippen LogP contribution in [0.5, 0.6) is 0 Å². The number of hydrogen-bond donors (Lipinski definition) is 1. The summed E-state index contributed by atoms with van der Waals surface area (Å²) >= 11 is 1.70. The predicted octanol–water partition coefficient (Wildman–Crippen LogP) is 1.26. The van der Waals surface area contributed by atoms with Gasteiger partial charge in [-0.1, -0.05) is 6.92 Å². The topological polar surface area (TPSA) is 72.6 Å². The SMILES string of the molecule is CCOC(=O)C1CSCCN1C(=O)CCC(C)CCN. The van der Waals surface area contributed by atoms with Gasteiger partial charge in [0, 0.05) is 24.5 Å². The van der Waals surface area contributed by atoms with E-state index in [0.29, 0.717) is 37.8 Å². The van der Waals surface area contributed by atoms with Gasteiger partial charge < -0.3 is 15.4 Å². The number of amides is 1. The molecule has 5 nitrogen and oxygen atoms in total. The lowest BCUT2D eigenvalue weighted by molar-refractivity contribution is -0.154. The first-order chi connectivity index (χ1) is 9.60. The maximum absolute atomic E-state index is 12.3. The van der Waals surface area contributed by atoms with E-state index in [1.165, 1.54) is 0 Å². The Morgan fingerprint density at radius 1 is 1.45 bits per heavy atom. The van der Waals surface area contributed by atoms with E-state index in [0.717, 1.165) is 18.6 Å². The Hall–Kier alpha value is -0.750. The van der Waals surface area contributed by atoms with E-state index in [-0.39, 0.29) is 11.9 Å². The number of rotatable bonds is 7. The van der Waals surface area contributed by atoms with Crippen molar-refractivity contribution in [3.05, 3.63) is 0 Å². The highest BCUT2D eigenvalue weighted by Crippen LogP contribution is 2.20. The highest BCUT2D eigenvalue weighted by Gasteiger charge is 2.33. The molecule has 1 fully saturated rings. The summed E-state index contributed by atoms with van der Waals surface area (Å²) in [5.41, 5.74) is 5.51. The molecule has 1 aliphatic rings. The van der Waals surface area contributed by atoms with Gasteiger partial charge in [0.1, 0.15) is 6.04 Å². The minimum Gasteiger partial charge on any atom is -0.464 e. The smallest absolute Gasteiger partial charge is 0.329 e. The summed E-state index contributed by atoms with van der Waals surface area (Å²) in [5.74, 6) is 1.77. The Kier molecular flexibility index (Phi) is 7.99. The van der Waals surface area contributed by atoms with Crippen LogP contribution in [0.1, 0.15) is 33.1 Å². The molecule has 0 spiro atoms. The molecule has 1 heterocycles. The minimum atomic E-state index is -0.411. The number of ether oxygens (including phenoxy) is 1. The monoisotopic (exact) mass is 302 g/mol. The second-order valence-corrected chi connectivity index (χ2v) is 6.30. The molecule has 2 unspecified atom stereocenters. The molecule has 0 aromatic rings. The summed E-state index contributed by atoms with van der Waals surface area (Å²) < 4.78 is 5.06. The zero-order valence-electron chi connectivity index (χ0n) is 12.5. The van der Waals surface area contributed by atoms with Crippen molar-refractivity contribution in [3.8, 4) is 0 Å². The molecule has 1 rings (SSSR count). The van der Waals surface area contributed by atoms with Gasteiger partial charge in [-0.2, -0.15) is 11.8 Å². The van der Waals surface area contributed by atoms with Crippen molar-refractivity contribution in [2.45, 2.75) is 39.2 Å². The summed E-state index contributed by atoms with van der Waals surface area (Å²) in [5, 5.41) is 0. The van der Waals surface area contributed by atoms with Crippen LogP contribution in [0.25, 0.3) is 0 Å². The van der Waals surface area contributed by atoms with Crippen LogP contribution < -0.4 is 5.73 Å². The predicted molar refractivity (Wildman–Crippen MR) is 81.5 cm³/mol. The molecule has 0 aromatic carbocycles. The molecule has 0 radical (unpaired) electrons. The molecule has 2 N–H and O–H groups in total. The third-order valence-electron chi connectivity index (χ3n) is 3.52. The summed E-state index contributed by atoms with van der Waals surface area (Å²) in [4.78, 5) is 25.9. The van der Waals surface area contributed by atoms with Crippen molar-refractivity contribution in [1.82, 2.24) is 4.90 Å². The van der Waals surface area contributed by atoms with E-state index < -0.39 is 6.04 Å². The number of nitrogens with two attached hydrogens (primary N) is 1. The van der Waals surface area contributed by atoms with Crippen LogP contribution in [0, 0.1) is 5.92 Å². The van der Waals surface area contributed by atoms with Crippen LogP contribution in [0.2, 0.25) is 0 Å². The number of thioether (sulfide) groups is 1. The normalized spacial score (nSPS) is 20.6. The fourth-order valence-corrected chi connectivity index (χ4v) is 3.31. The third kappa shape index (κ3) is 5.32. The summed E-state index contributed by atoms with van der Waals surface area (Å²) in [7, 11) is 0. The molecule has 0 bridgehead atoms. The van der Waals surface area contributed by atoms with Gasteiger partial charge >= 0.3 is 5.97 Å². The van der Waals surface area contributed by atoms with Crippen molar-refractivity contribution < 1.29 is 14.3 Å². The second kappa shape index (κ2) is 9.23. The molecule has 1 aliphatic heterocycles. The highest BCUT2D eigenvalue weighted by atomic mass is 32.2. The molecule has 0 aromatic heterocycles. The number of nitrogens with zero attached hydrogens (tertiary/aromatic N) is 1. The summed E-state index contributed by atoms with van der Waals surface area (Å²) in [6, 6.07) is -0.411. The maximum Gasteiger partial charge on any atom is 0.329 e. The third-order valence-corrected chi connectivity index (χ3v) is 4.54. The van der Waals surface area contributed by atoms with Crippen LogP contribution >= 0.6 is 11.8 Å². The Labute approximate surface area is 125 Å². The van der Waals surface area contributed by atoms with Crippen molar-refractivity contribution in [2.24, 2.45) is 11.7 Å². The molecular weight excluding hydrogens is 276 g/mol. The first-order valence-corrected chi connectivity index (χ1v) is 8.49. The Morgan fingerprint density at radius 3 is 2.85 bits per heavy atom. The van der Waals surface area contributed by atoms with Crippen LogP contribution in [0.4, 0.5) is 0 Å². The van der Waals surface area contributed by atoms with Crippen LogP contribution in [-0.4, -0.2) is 54.0 Å². The van der Waals surface area contributed by atoms with Gasteiger partial charge in [0.05, 0.1) is 6.61 Å². The van der Waals surface area contributed by atoms with Crippen molar-refractivity contribution in [2.75, 3.05) is 31.2 Å². The average Bonchev–Trinajstić information content (AvgIpc) is 2.45. The van der Waals surface area contributed by atoms with Crippen molar-refractivity contribution in [3.63, 3.8) is 0 Å². The zero-order chi connectivity index (χ0) is 15.0. The van der Waals surface area contributed by atoms with Crippen LogP contribution in [0.3, 0.4) is 0 Å². The lowest BCUT2D eigenvalue weighted by Gasteiger charge is -2.34. The molecular formula is C14H26N2O3S. The van der Waals surface area contributed by atoms with Crippen LogP contribution in [-0.2, 0) is 14.3 Å².